The molecular formula is C20H27Cl2N3OS. The number of piperidine rings is 1. The first-order valence-corrected chi connectivity index (χ1v) is 10.1. The summed E-state index contributed by atoms with van der Waals surface area (Å²) >= 11 is 1.54. The minimum Gasteiger partial charge on any atom is -0.348 e. The van der Waals surface area contributed by atoms with Crippen LogP contribution in [0.4, 0.5) is 0 Å². The number of rotatable bonds is 4. The van der Waals surface area contributed by atoms with Crippen molar-refractivity contribution in [2.24, 2.45) is 0 Å². The van der Waals surface area contributed by atoms with Crippen LogP contribution in [0.2, 0.25) is 0 Å². The summed E-state index contributed by atoms with van der Waals surface area (Å²) in [5.74, 6) is 0.486. The van der Waals surface area contributed by atoms with E-state index in [0.29, 0.717) is 23.7 Å². The normalized spacial score (nSPS) is 23.4. The summed E-state index contributed by atoms with van der Waals surface area (Å²) < 4.78 is 0. The van der Waals surface area contributed by atoms with E-state index in [1.807, 2.05) is 5.38 Å². The average molecular weight is 428 g/mol. The van der Waals surface area contributed by atoms with Gasteiger partial charge >= 0.3 is 0 Å². The molecule has 148 valence electrons. The Morgan fingerprint density at radius 1 is 1.15 bits per heavy atom. The van der Waals surface area contributed by atoms with E-state index in [4.69, 9.17) is 0 Å². The SMILES string of the molecule is CC(C)c1ccc(-c2nc(C(=O)NC3CC4CCC(C3)N4)cs2)cc1.Cl.Cl. The molecule has 1 aromatic heterocycles. The molecular weight excluding hydrogens is 401 g/mol. The molecule has 1 aromatic carbocycles. The number of amides is 1. The summed E-state index contributed by atoms with van der Waals surface area (Å²) in [4.78, 5) is 17.1. The van der Waals surface area contributed by atoms with E-state index in [1.165, 1.54) is 29.7 Å². The Hall–Kier alpha value is -1.14. The molecule has 4 rings (SSSR count). The summed E-state index contributed by atoms with van der Waals surface area (Å²) in [6, 6.07) is 9.92. The summed E-state index contributed by atoms with van der Waals surface area (Å²) in [7, 11) is 0. The highest BCUT2D eigenvalue weighted by molar-refractivity contribution is 7.13. The molecule has 2 fully saturated rings. The minimum absolute atomic E-state index is 0. The standard InChI is InChI=1S/C20H25N3OS.2ClH/c1-12(2)13-3-5-14(6-4-13)20-23-18(11-25-20)19(24)22-17-9-15-7-8-16(10-17)21-15;;/h3-6,11-12,15-17,21H,7-10H2,1-2H3,(H,22,24);2*1H. The van der Waals surface area contributed by atoms with Crippen molar-refractivity contribution in [1.29, 1.82) is 0 Å². The van der Waals surface area contributed by atoms with Gasteiger partial charge in [0.15, 0.2) is 0 Å². The predicted octanol–water partition coefficient (Wildman–Crippen LogP) is 4.79. The van der Waals surface area contributed by atoms with Crippen molar-refractivity contribution in [1.82, 2.24) is 15.6 Å². The zero-order chi connectivity index (χ0) is 17.4. The summed E-state index contributed by atoms with van der Waals surface area (Å²) in [5.41, 5.74) is 2.94. The van der Waals surface area contributed by atoms with Crippen LogP contribution in [-0.4, -0.2) is 29.0 Å². The number of hydrogen-bond donors (Lipinski definition) is 2. The van der Waals surface area contributed by atoms with Crippen LogP contribution in [-0.2, 0) is 0 Å². The van der Waals surface area contributed by atoms with Gasteiger partial charge in [-0.25, -0.2) is 4.98 Å². The lowest BCUT2D eigenvalue weighted by atomic mass is 10.00. The maximum Gasteiger partial charge on any atom is 0.270 e. The van der Waals surface area contributed by atoms with Crippen molar-refractivity contribution >= 4 is 42.1 Å². The second kappa shape index (κ2) is 9.37. The summed E-state index contributed by atoms with van der Waals surface area (Å²) in [6.45, 7) is 4.38. The van der Waals surface area contributed by atoms with Gasteiger partial charge in [-0.15, -0.1) is 36.2 Å². The fourth-order valence-electron chi connectivity index (χ4n) is 3.96. The lowest BCUT2D eigenvalue weighted by molar-refractivity contribution is 0.0919. The van der Waals surface area contributed by atoms with E-state index in [1.54, 1.807) is 0 Å². The third kappa shape index (κ3) is 5.02. The fourth-order valence-corrected chi connectivity index (χ4v) is 4.76. The van der Waals surface area contributed by atoms with Gasteiger partial charge in [0.25, 0.3) is 5.91 Å². The van der Waals surface area contributed by atoms with Crippen molar-refractivity contribution in [3.8, 4) is 10.6 Å². The maximum atomic E-state index is 12.5. The average Bonchev–Trinajstić information content (AvgIpc) is 3.22. The van der Waals surface area contributed by atoms with Crippen molar-refractivity contribution in [3.63, 3.8) is 0 Å². The molecule has 0 saturated carbocycles. The lowest BCUT2D eigenvalue weighted by Gasteiger charge is -2.29. The number of halogens is 2. The summed E-state index contributed by atoms with van der Waals surface area (Å²) in [6.07, 6.45) is 4.56. The Bertz CT molecular complexity index is 751. The van der Waals surface area contributed by atoms with E-state index in [9.17, 15) is 4.79 Å². The number of hydrogen-bond acceptors (Lipinski definition) is 4. The summed E-state index contributed by atoms with van der Waals surface area (Å²) in [5, 5.41) is 9.58. The maximum absolute atomic E-state index is 12.5. The molecule has 0 radical (unpaired) electrons. The van der Waals surface area contributed by atoms with Crippen molar-refractivity contribution < 1.29 is 4.79 Å². The Balaban J connectivity index is 0.00000131. The molecule has 3 heterocycles. The van der Waals surface area contributed by atoms with Crippen LogP contribution >= 0.6 is 36.2 Å². The number of benzene rings is 1. The van der Waals surface area contributed by atoms with Crippen molar-refractivity contribution in [2.45, 2.75) is 63.6 Å². The molecule has 2 saturated heterocycles. The van der Waals surface area contributed by atoms with Gasteiger partial charge in [0.2, 0.25) is 0 Å². The first-order chi connectivity index (χ1) is 12.1. The number of thiazole rings is 1. The van der Waals surface area contributed by atoms with Crippen LogP contribution < -0.4 is 10.6 Å². The molecule has 2 atom stereocenters. The minimum atomic E-state index is -0.0346. The molecule has 4 nitrogen and oxygen atoms in total. The number of nitrogens with one attached hydrogen (secondary N) is 2. The number of carbonyl (C=O) groups is 1. The highest BCUT2D eigenvalue weighted by atomic mass is 35.5. The second-order valence-corrected chi connectivity index (χ2v) is 8.45. The molecule has 2 aliphatic heterocycles. The van der Waals surface area contributed by atoms with E-state index < -0.39 is 0 Å². The second-order valence-electron chi connectivity index (χ2n) is 7.59. The highest BCUT2D eigenvalue weighted by Crippen LogP contribution is 2.28. The van der Waals surface area contributed by atoms with Gasteiger partial charge in [-0.3, -0.25) is 4.79 Å². The van der Waals surface area contributed by atoms with Gasteiger partial charge < -0.3 is 10.6 Å². The number of fused-ring (bicyclic) bond motifs is 2. The lowest BCUT2D eigenvalue weighted by Crippen LogP contribution is -2.48. The van der Waals surface area contributed by atoms with Crippen LogP contribution in [0.15, 0.2) is 29.6 Å². The van der Waals surface area contributed by atoms with Gasteiger partial charge in [0.1, 0.15) is 10.7 Å². The van der Waals surface area contributed by atoms with E-state index in [0.717, 1.165) is 23.4 Å². The van der Waals surface area contributed by atoms with Gasteiger partial charge in [0.05, 0.1) is 0 Å². The van der Waals surface area contributed by atoms with Crippen LogP contribution in [0.5, 0.6) is 0 Å². The van der Waals surface area contributed by atoms with E-state index in [-0.39, 0.29) is 36.8 Å². The third-order valence-electron chi connectivity index (χ3n) is 5.37. The third-order valence-corrected chi connectivity index (χ3v) is 6.26. The van der Waals surface area contributed by atoms with E-state index in [2.05, 4.69) is 53.7 Å². The molecule has 2 unspecified atom stereocenters. The number of aromatic nitrogens is 1. The zero-order valence-electron chi connectivity index (χ0n) is 15.6. The van der Waals surface area contributed by atoms with Gasteiger partial charge in [-0.05, 0) is 37.2 Å². The first kappa shape index (κ1) is 22.2. The van der Waals surface area contributed by atoms with Gasteiger partial charge in [0, 0.05) is 29.1 Å². The van der Waals surface area contributed by atoms with Crippen molar-refractivity contribution in [3.05, 3.63) is 40.9 Å². The Labute approximate surface area is 177 Å². The molecule has 0 spiro atoms. The molecule has 2 aromatic rings. The largest absolute Gasteiger partial charge is 0.348 e. The monoisotopic (exact) mass is 427 g/mol. The van der Waals surface area contributed by atoms with Crippen LogP contribution in [0.3, 0.4) is 0 Å². The highest BCUT2D eigenvalue weighted by Gasteiger charge is 2.34. The van der Waals surface area contributed by atoms with Crippen molar-refractivity contribution in [2.75, 3.05) is 0 Å². The quantitative estimate of drug-likeness (QED) is 0.736. The molecule has 27 heavy (non-hydrogen) atoms. The fraction of sp³-hybridized carbons (Fsp3) is 0.500. The van der Waals surface area contributed by atoms with Crippen LogP contribution in [0.1, 0.15) is 61.5 Å². The Morgan fingerprint density at radius 2 is 1.78 bits per heavy atom. The predicted molar refractivity (Wildman–Crippen MR) is 117 cm³/mol. The molecule has 1 amide bonds. The molecule has 2 aliphatic rings. The van der Waals surface area contributed by atoms with Gasteiger partial charge in [-0.1, -0.05) is 38.1 Å². The first-order valence-electron chi connectivity index (χ1n) is 9.21. The molecule has 7 heteroatoms. The topological polar surface area (TPSA) is 54.0 Å². The number of carbonyl (C=O) groups excluding carboxylic acids is 1. The van der Waals surface area contributed by atoms with Gasteiger partial charge in [-0.2, -0.15) is 0 Å². The smallest absolute Gasteiger partial charge is 0.270 e. The van der Waals surface area contributed by atoms with E-state index >= 15 is 0 Å². The number of nitrogens with zero attached hydrogens (tertiary/aromatic N) is 1. The molecule has 2 N–H and O–H groups in total. The molecule has 2 bridgehead atoms. The van der Waals surface area contributed by atoms with Crippen LogP contribution in [0.25, 0.3) is 10.6 Å². The Kier molecular flexibility index (Phi) is 7.69. The molecule has 0 aliphatic carbocycles. The van der Waals surface area contributed by atoms with Crippen LogP contribution in [0, 0.1) is 0 Å². The Morgan fingerprint density at radius 3 is 2.37 bits per heavy atom. The zero-order valence-corrected chi connectivity index (χ0v) is 18.1.